The molecule has 0 spiro atoms. The van der Waals surface area contributed by atoms with Crippen LogP contribution in [0, 0.1) is 5.92 Å². The van der Waals surface area contributed by atoms with Gasteiger partial charge in [-0.05, 0) is 56.9 Å². The minimum Gasteiger partial charge on any atom is -0.347 e. The molecule has 2 rings (SSSR count). The van der Waals surface area contributed by atoms with Crippen LogP contribution >= 0.6 is 0 Å². The van der Waals surface area contributed by atoms with Crippen molar-refractivity contribution >= 4 is 11.8 Å². The standard InChI is InChI=1S/C18H26N2O2/c1-18(2,15-7-5-6-8-15)19-16(21)13-9-11-14(12-10-13)17(22)20(3)4/h9-12,15H,5-8H2,1-4H3,(H,19,21). The van der Waals surface area contributed by atoms with E-state index in [-0.39, 0.29) is 17.4 Å². The molecule has 4 heteroatoms. The number of amides is 2. The number of nitrogens with zero attached hydrogens (tertiary/aromatic N) is 1. The van der Waals surface area contributed by atoms with Gasteiger partial charge >= 0.3 is 0 Å². The van der Waals surface area contributed by atoms with Crippen LogP contribution in [0.1, 0.15) is 60.2 Å². The van der Waals surface area contributed by atoms with Gasteiger partial charge in [0.25, 0.3) is 11.8 Å². The van der Waals surface area contributed by atoms with Crippen LogP contribution in [0.3, 0.4) is 0 Å². The lowest BCUT2D eigenvalue weighted by molar-refractivity contribution is 0.0825. The zero-order valence-corrected chi connectivity index (χ0v) is 14.0. The lowest BCUT2D eigenvalue weighted by atomic mass is 9.86. The second-order valence-electron chi connectivity index (χ2n) is 6.93. The number of carbonyl (C=O) groups is 2. The molecule has 1 N–H and O–H groups in total. The van der Waals surface area contributed by atoms with Crippen molar-refractivity contribution in [2.24, 2.45) is 5.92 Å². The van der Waals surface area contributed by atoms with E-state index >= 15 is 0 Å². The molecule has 0 aromatic heterocycles. The third-order valence-electron chi connectivity index (χ3n) is 4.61. The van der Waals surface area contributed by atoms with Crippen molar-refractivity contribution in [3.8, 4) is 0 Å². The molecule has 1 aromatic rings. The maximum Gasteiger partial charge on any atom is 0.253 e. The van der Waals surface area contributed by atoms with E-state index in [0.29, 0.717) is 17.0 Å². The second-order valence-corrected chi connectivity index (χ2v) is 6.93. The van der Waals surface area contributed by atoms with Gasteiger partial charge in [-0.1, -0.05) is 12.8 Å². The van der Waals surface area contributed by atoms with Crippen molar-refractivity contribution in [1.82, 2.24) is 10.2 Å². The molecule has 1 saturated carbocycles. The first-order valence-electron chi connectivity index (χ1n) is 7.95. The summed E-state index contributed by atoms with van der Waals surface area (Å²) in [5.41, 5.74) is 1.00. The monoisotopic (exact) mass is 302 g/mol. The van der Waals surface area contributed by atoms with E-state index in [9.17, 15) is 9.59 Å². The topological polar surface area (TPSA) is 49.4 Å². The first kappa shape index (κ1) is 16.5. The average molecular weight is 302 g/mol. The van der Waals surface area contributed by atoms with Crippen LogP contribution in [-0.4, -0.2) is 36.3 Å². The van der Waals surface area contributed by atoms with Crippen molar-refractivity contribution in [3.05, 3.63) is 35.4 Å². The second kappa shape index (κ2) is 6.51. The predicted molar refractivity (Wildman–Crippen MR) is 88.0 cm³/mol. The van der Waals surface area contributed by atoms with Crippen LogP contribution < -0.4 is 5.32 Å². The van der Waals surface area contributed by atoms with Crippen molar-refractivity contribution in [3.63, 3.8) is 0 Å². The van der Waals surface area contributed by atoms with Gasteiger partial charge in [-0.3, -0.25) is 9.59 Å². The number of carbonyl (C=O) groups excluding carboxylic acids is 2. The lowest BCUT2D eigenvalue weighted by Crippen LogP contribution is -2.48. The maximum absolute atomic E-state index is 12.4. The maximum atomic E-state index is 12.4. The molecule has 22 heavy (non-hydrogen) atoms. The van der Waals surface area contributed by atoms with Gasteiger partial charge in [0.05, 0.1) is 0 Å². The molecule has 2 amide bonds. The minimum atomic E-state index is -0.189. The van der Waals surface area contributed by atoms with E-state index in [1.54, 1.807) is 38.4 Å². The van der Waals surface area contributed by atoms with Gasteiger partial charge in [-0.15, -0.1) is 0 Å². The normalized spacial score (nSPS) is 15.6. The molecule has 0 atom stereocenters. The van der Waals surface area contributed by atoms with E-state index < -0.39 is 0 Å². The summed E-state index contributed by atoms with van der Waals surface area (Å²) in [6, 6.07) is 6.85. The van der Waals surface area contributed by atoms with Gasteiger partial charge in [0.2, 0.25) is 0 Å². The molecule has 0 aliphatic heterocycles. The molecule has 0 heterocycles. The molecule has 1 aliphatic carbocycles. The molecule has 1 fully saturated rings. The Morgan fingerprint density at radius 1 is 1.05 bits per heavy atom. The van der Waals surface area contributed by atoms with E-state index in [1.807, 2.05) is 0 Å². The summed E-state index contributed by atoms with van der Waals surface area (Å²) in [7, 11) is 3.43. The van der Waals surface area contributed by atoms with Crippen molar-refractivity contribution in [2.75, 3.05) is 14.1 Å². The lowest BCUT2D eigenvalue weighted by Gasteiger charge is -2.32. The molecule has 1 aromatic carbocycles. The number of hydrogen-bond donors (Lipinski definition) is 1. The number of benzene rings is 1. The van der Waals surface area contributed by atoms with Crippen LogP contribution in [0.25, 0.3) is 0 Å². The van der Waals surface area contributed by atoms with Crippen LogP contribution in [0.2, 0.25) is 0 Å². The van der Waals surface area contributed by atoms with Gasteiger partial charge in [0.15, 0.2) is 0 Å². The third kappa shape index (κ3) is 3.67. The van der Waals surface area contributed by atoms with Crippen LogP contribution in [0.5, 0.6) is 0 Å². The Morgan fingerprint density at radius 3 is 2.05 bits per heavy atom. The van der Waals surface area contributed by atoms with Gasteiger partial charge < -0.3 is 10.2 Å². The van der Waals surface area contributed by atoms with E-state index in [2.05, 4.69) is 19.2 Å². The van der Waals surface area contributed by atoms with Gasteiger partial charge in [0, 0.05) is 30.8 Å². The first-order chi connectivity index (χ1) is 10.3. The van der Waals surface area contributed by atoms with E-state index in [1.165, 1.54) is 30.6 Å². The van der Waals surface area contributed by atoms with Crippen molar-refractivity contribution < 1.29 is 9.59 Å². The largest absolute Gasteiger partial charge is 0.347 e. The molecule has 0 radical (unpaired) electrons. The summed E-state index contributed by atoms with van der Waals surface area (Å²) in [5.74, 6) is 0.421. The van der Waals surface area contributed by atoms with Crippen LogP contribution in [0.15, 0.2) is 24.3 Å². The molecular weight excluding hydrogens is 276 g/mol. The molecule has 4 nitrogen and oxygen atoms in total. The third-order valence-corrected chi connectivity index (χ3v) is 4.61. The Bertz CT molecular complexity index is 541. The Balaban J connectivity index is 2.05. The van der Waals surface area contributed by atoms with Crippen LogP contribution in [0.4, 0.5) is 0 Å². The predicted octanol–water partition coefficient (Wildman–Crippen LogP) is 3.09. The van der Waals surface area contributed by atoms with E-state index in [4.69, 9.17) is 0 Å². The fourth-order valence-corrected chi connectivity index (χ4v) is 3.14. The summed E-state index contributed by atoms with van der Waals surface area (Å²) in [5, 5.41) is 3.15. The summed E-state index contributed by atoms with van der Waals surface area (Å²) < 4.78 is 0. The SMILES string of the molecule is CN(C)C(=O)c1ccc(C(=O)NC(C)(C)C2CCCC2)cc1. The average Bonchev–Trinajstić information content (AvgIpc) is 3.01. The van der Waals surface area contributed by atoms with Crippen molar-refractivity contribution in [2.45, 2.75) is 45.1 Å². The smallest absolute Gasteiger partial charge is 0.253 e. The molecular formula is C18H26N2O2. The highest BCUT2D eigenvalue weighted by atomic mass is 16.2. The zero-order valence-electron chi connectivity index (χ0n) is 14.0. The number of hydrogen-bond acceptors (Lipinski definition) is 2. The van der Waals surface area contributed by atoms with Crippen LogP contribution in [-0.2, 0) is 0 Å². The molecule has 0 unspecified atom stereocenters. The van der Waals surface area contributed by atoms with Crippen molar-refractivity contribution in [1.29, 1.82) is 0 Å². The highest BCUT2D eigenvalue weighted by molar-refractivity contribution is 5.97. The Labute approximate surface area is 132 Å². The minimum absolute atomic E-state index is 0.0572. The molecule has 0 saturated heterocycles. The molecule has 0 bridgehead atoms. The fraction of sp³-hybridized carbons (Fsp3) is 0.556. The number of rotatable bonds is 4. The zero-order chi connectivity index (χ0) is 16.3. The van der Waals surface area contributed by atoms with Gasteiger partial charge in [-0.25, -0.2) is 0 Å². The Kier molecular flexibility index (Phi) is 4.89. The summed E-state index contributed by atoms with van der Waals surface area (Å²) in [4.78, 5) is 25.8. The van der Waals surface area contributed by atoms with Gasteiger partial charge in [0.1, 0.15) is 0 Å². The Hall–Kier alpha value is -1.84. The van der Waals surface area contributed by atoms with Gasteiger partial charge in [-0.2, -0.15) is 0 Å². The summed E-state index contributed by atoms with van der Waals surface area (Å²) >= 11 is 0. The summed E-state index contributed by atoms with van der Waals surface area (Å²) in [6.07, 6.45) is 4.88. The Morgan fingerprint density at radius 2 is 1.55 bits per heavy atom. The highest BCUT2D eigenvalue weighted by Gasteiger charge is 2.33. The summed E-state index contributed by atoms with van der Waals surface area (Å²) in [6.45, 7) is 4.20. The van der Waals surface area contributed by atoms with E-state index in [0.717, 1.165) is 0 Å². The first-order valence-corrected chi connectivity index (χ1v) is 7.95. The molecule has 120 valence electrons. The molecule has 1 aliphatic rings. The number of nitrogens with one attached hydrogen (secondary N) is 1. The highest BCUT2D eigenvalue weighted by Crippen LogP contribution is 2.33. The quantitative estimate of drug-likeness (QED) is 0.929. The fourth-order valence-electron chi connectivity index (χ4n) is 3.14.